The van der Waals surface area contributed by atoms with Crippen LogP contribution in [0.5, 0.6) is 0 Å². The normalized spacial score (nSPS) is 16.6. The summed E-state index contributed by atoms with van der Waals surface area (Å²) in [5, 5.41) is 9.31. The molecule has 15 heteroatoms. The maximum absolute atomic E-state index is 13.6. The molecule has 10 nitrogen and oxygen atoms in total. The molecule has 0 saturated carbocycles. The molecule has 0 unspecified atom stereocenters. The molecule has 0 spiro atoms. The van der Waals surface area contributed by atoms with Crippen LogP contribution in [0.3, 0.4) is 0 Å². The van der Waals surface area contributed by atoms with Crippen molar-refractivity contribution in [2.45, 2.75) is 43.4 Å². The number of alkyl halides is 3. The Hall–Kier alpha value is -3.82. The van der Waals surface area contributed by atoms with Crippen LogP contribution in [0.2, 0.25) is 0 Å². The Kier molecular flexibility index (Phi) is 8.35. The molecular weight excluding hydrogens is 593 g/mol. The van der Waals surface area contributed by atoms with E-state index in [9.17, 15) is 31.2 Å². The highest BCUT2D eigenvalue weighted by atomic mass is 32.2. The van der Waals surface area contributed by atoms with Gasteiger partial charge in [-0.1, -0.05) is 48.9 Å². The van der Waals surface area contributed by atoms with Gasteiger partial charge in [-0.15, -0.1) is 0 Å². The Balaban J connectivity index is 1.42. The van der Waals surface area contributed by atoms with Gasteiger partial charge in [0.2, 0.25) is 15.9 Å². The van der Waals surface area contributed by atoms with Crippen molar-refractivity contribution < 1.29 is 26.4 Å². The van der Waals surface area contributed by atoms with Gasteiger partial charge in [0, 0.05) is 26.2 Å². The van der Waals surface area contributed by atoms with Crippen molar-refractivity contribution in [1.29, 1.82) is 0 Å². The zero-order valence-electron chi connectivity index (χ0n) is 22.4. The number of carbonyl (C=O) groups is 1. The topological polar surface area (TPSA) is 128 Å². The fraction of sp³-hybridized carbons (Fsp3) is 0.333. The van der Waals surface area contributed by atoms with E-state index in [1.165, 1.54) is 6.20 Å². The molecular formula is C27H27F3N6O4S2. The summed E-state index contributed by atoms with van der Waals surface area (Å²) in [4.78, 5) is 31.5. The minimum atomic E-state index is -4.63. The lowest BCUT2D eigenvalue weighted by molar-refractivity contribution is -0.137. The molecule has 1 aliphatic heterocycles. The molecule has 42 heavy (non-hydrogen) atoms. The number of thiazole rings is 1. The molecule has 1 saturated heterocycles. The molecule has 2 N–H and O–H groups in total. The summed E-state index contributed by atoms with van der Waals surface area (Å²) in [5.41, 5.74) is 0.955. The number of sulfonamides is 1. The van der Waals surface area contributed by atoms with E-state index in [2.05, 4.69) is 27.4 Å². The van der Waals surface area contributed by atoms with E-state index in [0.29, 0.717) is 27.5 Å². The fourth-order valence-corrected chi connectivity index (χ4v) is 7.25. The third-order valence-electron chi connectivity index (χ3n) is 6.92. The SMILES string of the molecule is CCCc1ccc(CNC(=O)[C@H]2CN(c3nc4cn[nH]c(=O)c4s3)CCN2S(=O)(=O)c2ccc(C(F)(F)F)cc2)cc1. The lowest BCUT2D eigenvalue weighted by Crippen LogP contribution is -2.60. The number of aryl methyl sites for hydroxylation is 1. The van der Waals surface area contributed by atoms with Crippen LogP contribution in [0.1, 0.15) is 30.0 Å². The summed E-state index contributed by atoms with van der Waals surface area (Å²) in [7, 11) is -4.35. The first-order valence-electron chi connectivity index (χ1n) is 13.1. The van der Waals surface area contributed by atoms with E-state index in [1.54, 1.807) is 4.90 Å². The van der Waals surface area contributed by atoms with Crippen LogP contribution in [0, 0.1) is 0 Å². The number of carbonyl (C=O) groups excluding carboxylic acids is 1. The van der Waals surface area contributed by atoms with Crippen LogP contribution in [0.15, 0.2) is 64.4 Å². The van der Waals surface area contributed by atoms with Gasteiger partial charge in [-0.05, 0) is 41.8 Å². The van der Waals surface area contributed by atoms with Crippen LogP contribution in [-0.2, 0) is 34.0 Å². The molecule has 3 heterocycles. The molecule has 1 amide bonds. The Labute approximate surface area is 243 Å². The number of aromatic amines is 1. The summed E-state index contributed by atoms with van der Waals surface area (Å²) in [6.45, 7) is 2.13. The number of hydrogen-bond donors (Lipinski definition) is 2. The number of fused-ring (bicyclic) bond motifs is 1. The van der Waals surface area contributed by atoms with Crippen LogP contribution in [0.4, 0.5) is 18.3 Å². The number of benzene rings is 2. The zero-order chi connectivity index (χ0) is 30.1. The predicted molar refractivity (Wildman–Crippen MR) is 152 cm³/mol. The number of piperazine rings is 1. The molecule has 5 rings (SSSR count). The van der Waals surface area contributed by atoms with Crippen molar-refractivity contribution in [2.24, 2.45) is 0 Å². The van der Waals surface area contributed by atoms with E-state index in [0.717, 1.165) is 51.7 Å². The molecule has 0 aliphatic carbocycles. The van der Waals surface area contributed by atoms with Gasteiger partial charge in [-0.25, -0.2) is 18.5 Å². The van der Waals surface area contributed by atoms with Crippen molar-refractivity contribution in [3.05, 3.63) is 81.8 Å². The van der Waals surface area contributed by atoms with Gasteiger partial charge in [0.1, 0.15) is 16.3 Å². The lowest BCUT2D eigenvalue weighted by Gasteiger charge is -2.39. The summed E-state index contributed by atoms with van der Waals surface area (Å²) in [6, 6.07) is 9.68. The van der Waals surface area contributed by atoms with E-state index in [4.69, 9.17) is 0 Å². The van der Waals surface area contributed by atoms with Crippen LogP contribution in [0.25, 0.3) is 10.2 Å². The highest BCUT2D eigenvalue weighted by Crippen LogP contribution is 2.32. The van der Waals surface area contributed by atoms with Gasteiger partial charge in [0.05, 0.1) is 16.7 Å². The average Bonchev–Trinajstić information content (AvgIpc) is 3.42. The van der Waals surface area contributed by atoms with Gasteiger partial charge in [0.15, 0.2) is 5.13 Å². The van der Waals surface area contributed by atoms with Crippen LogP contribution in [-0.4, -0.2) is 59.5 Å². The summed E-state index contributed by atoms with van der Waals surface area (Å²) in [6.07, 6.45) is -1.30. The Morgan fingerprint density at radius 1 is 1.10 bits per heavy atom. The molecule has 1 fully saturated rings. The van der Waals surface area contributed by atoms with Crippen LogP contribution < -0.4 is 15.8 Å². The molecule has 2 aromatic carbocycles. The standard InChI is InChI=1S/C27H27F3N6O4S2/c1-2-3-17-4-6-18(7-5-17)14-31-24(37)22-16-35(26-33-21-15-32-34-25(38)23(21)41-26)12-13-36(22)42(39,40)20-10-8-19(9-11-20)27(28,29)30/h4-11,15,22H,2-3,12-14,16H2,1H3,(H,31,37)(H,34,38)/t22-/m1/s1. The van der Waals surface area contributed by atoms with Crippen molar-refractivity contribution in [3.8, 4) is 0 Å². The number of nitrogens with zero attached hydrogens (tertiary/aromatic N) is 4. The first-order valence-corrected chi connectivity index (χ1v) is 15.4. The molecule has 2 aromatic heterocycles. The second kappa shape index (κ2) is 11.8. The second-order valence-corrected chi connectivity index (χ2v) is 12.7. The monoisotopic (exact) mass is 620 g/mol. The molecule has 0 bridgehead atoms. The number of rotatable bonds is 8. The molecule has 1 aliphatic rings. The van der Waals surface area contributed by atoms with Gasteiger partial charge in [-0.2, -0.15) is 22.6 Å². The predicted octanol–water partition coefficient (Wildman–Crippen LogP) is 3.55. The van der Waals surface area contributed by atoms with Gasteiger partial charge in [0.25, 0.3) is 5.56 Å². The number of nitrogens with one attached hydrogen (secondary N) is 2. The molecule has 4 aromatic rings. The second-order valence-electron chi connectivity index (χ2n) is 9.79. The minimum Gasteiger partial charge on any atom is -0.351 e. The Morgan fingerprint density at radius 2 is 1.79 bits per heavy atom. The van der Waals surface area contributed by atoms with Crippen molar-refractivity contribution in [3.63, 3.8) is 0 Å². The number of hydrogen-bond acceptors (Lipinski definition) is 8. The number of H-pyrrole nitrogens is 1. The highest BCUT2D eigenvalue weighted by Gasteiger charge is 2.41. The van der Waals surface area contributed by atoms with Crippen molar-refractivity contribution in [2.75, 3.05) is 24.5 Å². The number of aromatic nitrogens is 3. The summed E-state index contributed by atoms with van der Waals surface area (Å²) < 4.78 is 67.9. The van der Waals surface area contributed by atoms with E-state index >= 15 is 0 Å². The van der Waals surface area contributed by atoms with Gasteiger partial charge in [-0.3, -0.25) is 9.59 Å². The zero-order valence-corrected chi connectivity index (χ0v) is 24.0. The number of amides is 1. The Morgan fingerprint density at radius 3 is 2.43 bits per heavy atom. The summed E-state index contributed by atoms with van der Waals surface area (Å²) >= 11 is 1.09. The molecule has 0 radical (unpaired) electrons. The number of halogens is 3. The lowest BCUT2D eigenvalue weighted by atomic mass is 10.1. The maximum atomic E-state index is 13.6. The first kappa shape index (κ1) is 29.7. The number of anilines is 1. The third kappa shape index (κ3) is 6.17. The Bertz CT molecular complexity index is 1740. The fourth-order valence-electron chi connectivity index (χ4n) is 4.72. The smallest absolute Gasteiger partial charge is 0.351 e. The van der Waals surface area contributed by atoms with Gasteiger partial charge < -0.3 is 10.2 Å². The van der Waals surface area contributed by atoms with Gasteiger partial charge >= 0.3 is 6.18 Å². The average molecular weight is 621 g/mol. The highest BCUT2D eigenvalue weighted by molar-refractivity contribution is 7.89. The summed E-state index contributed by atoms with van der Waals surface area (Å²) in [5.74, 6) is -0.576. The first-order chi connectivity index (χ1) is 20.0. The third-order valence-corrected chi connectivity index (χ3v) is 9.98. The van der Waals surface area contributed by atoms with Crippen LogP contribution >= 0.6 is 11.3 Å². The quantitative estimate of drug-likeness (QED) is 0.308. The van der Waals surface area contributed by atoms with E-state index in [-0.39, 0.29) is 31.1 Å². The maximum Gasteiger partial charge on any atom is 0.416 e. The minimum absolute atomic E-state index is 0.0910. The molecule has 1 atom stereocenters. The van der Waals surface area contributed by atoms with E-state index < -0.39 is 39.3 Å². The van der Waals surface area contributed by atoms with Crippen molar-refractivity contribution in [1.82, 2.24) is 24.8 Å². The molecule has 222 valence electrons. The largest absolute Gasteiger partial charge is 0.416 e. The van der Waals surface area contributed by atoms with E-state index in [1.807, 2.05) is 24.3 Å². The van der Waals surface area contributed by atoms with Crippen molar-refractivity contribution >= 4 is 42.6 Å².